The monoisotopic (exact) mass is 900 g/mol. The third kappa shape index (κ3) is 49.8. The minimum atomic E-state index is -4.44. The number of esters is 1. The second-order valence-electron chi connectivity index (χ2n) is 16.0. The number of hydrogen-bond donors (Lipinski definition) is 3. The van der Waals surface area contributed by atoms with Gasteiger partial charge in [-0.3, -0.25) is 18.6 Å². The molecule has 0 spiro atoms. The number of aliphatic hydroxyl groups excluding tert-OH is 1. The molecule has 0 aliphatic heterocycles. The van der Waals surface area contributed by atoms with E-state index in [0.717, 1.165) is 83.5 Å². The number of carbonyl (C=O) groups is 2. The number of rotatable bonds is 45. The van der Waals surface area contributed by atoms with Gasteiger partial charge in [-0.25, -0.2) is 4.57 Å². The Kier molecular flexibility index (Phi) is 46.0. The molecule has 2 atom stereocenters. The fourth-order valence-electron chi connectivity index (χ4n) is 6.30. The molecule has 0 heterocycles. The molecule has 9 nitrogen and oxygen atoms in total. The van der Waals surface area contributed by atoms with Gasteiger partial charge in [0, 0.05) is 19.4 Å². The van der Waals surface area contributed by atoms with E-state index in [4.69, 9.17) is 13.8 Å². The number of ether oxygens (including phenoxy) is 1. The number of hydrogen-bond acceptors (Lipinski definition) is 7. The molecule has 2 unspecified atom stereocenters. The van der Waals surface area contributed by atoms with Gasteiger partial charge in [0.05, 0.1) is 13.2 Å². The summed E-state index contributed by atoms with van der Waals surface area (Å²) in [6.45, 7) is 3.36. The lowest BCUT2D eigenvalue weighted by molar-refractivity contribution is -0.147. The number of phosphoric acid groups is 1. The van der Waals surface area contributed by atoms with Gasteiger partial charge in [0.1, 0.15) is 12.7 Å². The minimum absolute atomic E-state index is 0.0697. The van der Waals surface area contributed by atoms with E-state index in [0.29, 0.717) is 12.8 Å². The van der Waals surface area contributed by atoms with Crippen molar-refractivity contribution < 1.29 is 37.9 Å². The topological polar surface area (TPSA) is 131 Å². The van der Waals surface area contributed by atoms with Gasteiger partial charge in [-0.2, -0.15) is 0 Å². The maximum Gasteiger partial charge on any atom is 0.472 e. The Labute approximate surface area is 385 Å². The smallest absolute Gasteiger partial charge is 0.463 e. The number of aliphatic hydroxyl groups is 1. The predicted molar refractivity (Wildman–Crippen MR) is 265 cm³/mol. The van der Waals surface area contributed by atoms with Crippen molar-refractivity contribution in [2.75, 3.05) is 26.4 Å². The lowest BCUT2D eigenvalue weighted by atomic mass is 10.0. The third-order valence-corrected chi connectivity index (χ3v) is 11.0. The van der Waals surface area contributed by atoms with Crippen LogP contribution < -0.4 is 5.32 Å². The second-order valence-corrected chi connectivity index (χ2v) is 17.5. The zero-order valence-electron chi connectivity index (χ0n) is 39.7. The number of phosphoric ester groups is 1. The van der Waals surface area contributed by atoms with E-state index >= 15 is 0 Å². The lowest BCUT2D eigenvalue weighted by Gasteiger charge is -2.15. The van der Waals surface area contributed by atoms with E-state index in [1.54, 1.807) is 0 Å². The van der Waals surface area contributed by atoms with Crippen molar-refractivity contribution in [2.45, 2.75) is 200 Å². The Morgan fingerprint density at radius 1 is 0.508 bits per heavy atom. The van der Waals surface area contributed by atoms with Gasteiger partial charge in [0.2, 0.25) is 5.91 Å². The zero-order chi connectivity index (χ0) is 46.0. The summed E-state index contributed by atoms with van der Waals surface area (Å²) in [4.78, 5) is 34.0. The molecule has 0 aromatic heterocycles. The van der Waals surface area contributed by atoms with Crippen LogP contribution in [-0.4, -0.2) is 54.3 Å². The Balaban J connectivity index is 3.64. The number of allylic oxidation sites excluding steroid dienone is 16. The highest BCUT2D eigenvalue weighted by atomic mass is 31.2. The zero-order valence-corrected chi connectivity index (χ0v) is 40.6. The van der Waals surface area contributed by atoms with Gasteiger partial charge in [-0.1, -0.05) is 182 Å². The van der Waals surface area contributed by atoms with Crippen LogP contribution in [0.1, 0.15) is 194 Å². The summed E-state index contributed by atoms with van der Waals surface area (Å²) in [7, 11) is -4.44. The molecule has 0 aromatic rings. The largest absolute Gasteiger partial charge is 0.472 e. The standard InChI is InChI=1S/C53H90NO8P/c1-3-5-7-9-11-13-15-17-19-21-23-24-25-26-28-29-31-33-35-37-39-41-43-45-52(56)54-47-48-61-63(58,59)62-50-51(55)49-60-53(57)46-44-42-40-38-36-34-32-30-27-22-20-18-16-14-12-10-8-6-4-2/h6,8,11-14,17-20,23-24,27,30,34,36,51,55H,3-5,7,9-10,15-16,21-22,25-26,28-29,31-33,35,37-50H2,1-2H3,(H,54,56)(H,58,59)/b8-6-,13-11-,14-12-,19-17-,20-18-,24-23-,30-27-,36-34-. The molecule has 1 amide bonds. The van der Waals surface area contributed by atoms with E-state index in [1.165, 1.54) is 77.0 Å². The lowest BCUT2D eigenvalue weighted by Crippen LogP contribution is -2.27. The third-order valence-electron chi connectivity index (χ3n) is 10.00. The van der Waals surface area contributed by atoms with Crippen LogP contribution in [0.5, 0.6) is 0 Å². The highest BCUT2D eigenvalue weighted by molar-refractivity contribution is 7.47. The Bertz CT molecular complexity index is 1350. The van der Waals surface area contributed by atoms with Crippen LogP contribution in [0.4, 0.5) is 0 Å². The molecule has 63 heavy (non-hydrogen) atoms. The first kappa shape index (κ1) is 59.9. The molecule has 3 N–H and O–H groups in total. The summed E-state index contributed by atoms with van der Waals surface area (Å²) in [6, 6.07) is 0. The first-order valence-corrected chi connectivity index (χ1v) is 26.2. The van der Waals surface area contributed by atoms with Gasteiger partial charge < -0.3 is 20.1 Å². The molecular weight excluding hydrogens is 810 g/mol. The van der Waals surface area contributed by atoms with Crippen molar-refractivity contribution >= 4 is 19.7 Å². The number of unbranched alkanes of at least 4 members (excludes halogenated alkanes) is 16. The maximum absolute atomic E-state index is 12.1. The van der Waals surface area contributed by atoms with E-state index in [9.17, 15) is 24.2 Å². The molecule has 0 bridgehead atoms. The average molecular weight is 900 g/mol. The molecule has 0 aliphatic carbocycles. The number of nitrogens with one attached hydrogen (secondary N) is 1. The van der Waals surface area contributed by atoms with E-state index in [2.05, 4.69) is 116 Å². The van der Waals surface area contributed by atoms with Crippen LogP contribution in [0.15, 0.2) is 97.2 Å². The van der Waals surface area contributed by atoms with Crippen LogP contribution in [-0.2, 0) is 27.9 Å². The molecular formula is C53H90NO8P. The highest BCUT2D eigenvalue weighted by Crippen LogP contribution is 2.42. The SMILES string of the molecule is CC/C=C\C/C=C\C/C=C\C/C=C\C/C=C\CCCCCC(=O)OCC(O)COP(=O)(O)OCCNC(=O)CCCCCCCCCCCC/C=C\C/C=C\C/C=C\CCCCC. The highest BCUT2D eigenvalue weighted by Gasteiger charge is 2.23. The van der Waals surface area contributed by atoms with Crippen molar-refractivity contribution in [2.24, 2.45) is 0 Å². The quantitative estimate of drug-likeness (QED) is 0.0238. The van der Waals surface area contributed by atoms with Crippen molar-refractivity contribution in [3.63, 3.8) is 0 Å². The van der Waals surface area contributed by atoms with Crippen LogP contribution in [0.3, 0.4) is 0 Å². The Morgan fingerprint density at radius 2 is 0.905 bits per heavy atom. The molecule has 0 aliphatic rings. The molecule has 0 rings (SSSR count). The molecule has 0 saturated heterocycles. The van der Waals surface area contributed by atoms with Gasteiger partial charge >= 0.3 is 13.8 Å². The molecule has 0 saturated carbocycles. The molecule has 10 heteroatoms. The Morgan fingerprint density at radius 3 is 1.38 bits per heavy atom. The van der Waals surface area contributed by atoms with Crippen LogP contribution in [0, 0.1) is 0 Å². The summed E-state index contributed by atoms with van der Waals surface area (Å²) in [5.74, 6) is -0.558. The fourth-order valence-corrected chi connectivity index (χ4v) is 7.05. The van der Waals surface area contributed by atoms with Crippen molar-refractivity contribution in [3.05, 3.63) is 97.2 Å². The van der Waals surface area contributed by atoms with E-state index in [1.807, 2.05) is 0 Å². The van der Waals surface area contributed by atoms with Gasteiger partial charge in [-0.05, 0) is 96.3 Å². The van der Waals surface area contributed by atoms with Crippen molar-refractivity contribution in [3.8, 4) is 0 Å². The van der Waals surface area contributed by atoms with Gasteiger partial charge in [0.15, 0.2) is 0 Å². The van der Waals surface area contributed by atoms with Gasteiger partial charge in [0.25, 0.3) is 0 Å². The minimum Gasteiger partial charge on any atom is -0.463 e. The number of carbonyl (C=O) groups excluding carboxylic acids is 2. The van der Waals surface area contributed by atoms with E-state index in [-0.39, 0.29) is 32.1 Å². The van der Waals surface area contributed by atoms with Crippen LogP contribution >= 0.6 is 7.82 Å². The second kappa shape index (κ2) is 48.4. The predicted octanol–water partition coefficient (Wildman–Crippen LogP) is 14.6. The van der Waals surface area contributed by atoms with Crippen molar-refractivity contribution in [1.29, 1.82) is 0 Å². The summed E-state index contributed by atoms with van der Waals surface area (Å²) < 4.78 is 26.9. The van der Waals surface area contributed by atoms with Gasteiger partial charge in [-0.15, -0.1) is 0 Å². The normalized spacial score (nSPS) is 14.0. The Hall–Kier alpha value is -3.07. The fraction of sp³-hybridized carbons (Fsp3) is 0.660. The summed E-state index contributed by atoms with van der Waals surface area (Å²) in [6.07, 6.45) is 63.4. The summed E-state index contributed by atoms with van der Waals surface area (Å²) in [5, 5.41) is 12.7. The molecule has 0 radical (unpaired) electrons. The average Bonchev–Trinajstić information content (AvgIpc) is 3.27. The first-order chi connectivity index (χ1) is 30.8. The molecule has 0 aromatic carbocycles. The molecule has 0 fully saturated rings. The maximum atomic E-state index is 12.1. The molecule has 360 valence electrons. The summed E-state index contributed by atoms with van der Waals surface area (Å²) in [5.41, 5.74) is 0. The van der Waals surface area contributed by atoms with Crippen molar-refractivity contribution in [1.82, 2.24) is 5.32 Å². The number of amides is 1. The van der Waals surface area contributed by atoms with E-state index < -0.39 is 26.5 Å². The van der Waals surface area contributed by atoms with Crippen LogP contribution in [0.2, 0.25) is 0 Å². The first-order valence-electron chi connectivity index (χ1n) is 24.7. The van der Waals surface area contributed by atoms with Crippen LogP contribution in [0.25, 0.3) is 0 Å². The summed E-state index contributed by atoms with van der Waals surface area (Å²) >= 11 is 0.